The minimum Gasteiger partial charge on any atom is -0.494 e. The molecule has 0 saturated carbocycles. The summed E-state index contributed by atoms with van der Waals surface area (Å²) in [5.41, 5.74) is 6.40. The average Bonchev–Trinajstić information content (AvgIpc) is 2.79. The summed E-state index contributed by atoms with van der Waals surface area (Å²) in [5.74, 6) is 0.451. The van der Waals surface area contributed by atoms with Gasteiger partial charge in [-0.25, -0.2) is 0 Å². The molecule has 1 N–H and O–H groups in total. The standard InChI is InChI=1S/C29H33ClO3/c1-21-10-11-24(18-22(21)2)19-26(25-7-5-8-27(30)20-25)16-17-33-28-14-12-23(13-15-28)6-3-4-9-29(31)32/h5,7-8,10-15,18,20,26H,3-4,6,9,16-17,19H2,1-2H3,(H,31,32). The molecular formula is C29H33ClO3. The Morgan fingerprint density at radius 3 is 2.39 bits per heavy atom. The molecule has 1 unspecified atom stereocenters. The van der Waals surface area contributed by atoms with E-state index in [1.165, 1.54) is 27.8 Å². The summed E-state index contributed by atoms with van der Waals surface area (Å²) in [5, 5.41) is 9.50. The van der Waals surface area contributed by atoms with Crippen molar-refractivity contribution in [1.82, 2.24) is 0 Å². The monoisotopic (exact) mass is 464 g/mol. The normalized spacial score (nSPS) is 11.8. The highest BCUT2D eigenvalue weighted by atomic mass is 35.5. The molecule has 0 aliphatic rings. The molecule has 3 rings (SSSR count). The molecule has 4 heteroatoms. The molecule has 0 heterocycles. The van der Waals surface area contributed by atoms with Crippen LogP contribution in [0.1, 0.15) is 59.4 Å². The molecular weight excluding hydrogens is 432 g/mol. The van der Waals surface area contributed by atoms with Crippen LogP contribution in [0.5, 0.6) is 5.75 Å². The Labute approximate surface area is 202 Å². The van der Waals surface area contributed by atoms with Crippen molar-refractivity contribution in [1.29, 1.82) is 0 Å². The largest absolute Gasteiger partial charge is 0.494 e. The number of aliphatic carboxylic acids is 1. The molecule has 0 radical (unpaired) electrons. The number of hydrogen-bond acceptors (Lipinski definition) is 2. The van der Waals surface area contributed by atoms with E-state index in [9.17, 15) is 4.79 Å². The number of carboxylic acid groups (broad SMARTS) is 1. The van der Waals surface area contributed by atoms with Gasteiger partial charge >= 0.3 is 5.97 Å². The van der Waals surface area contributed by atoms with Gasteiger partial charge in [0.1, 0.15) is 5.75 Å². The van der Waals surface area contributed by atoms with Crippen LogP contribution in [-0.4, -0.2) is 17.7 Å². The van der Waals surface area contributed by atoms with Crippen molar-refractivity contribution in [3.05, 3.63) is 99.6 Å². The summed E-state index contributed by atoms with van der Waals surface area (Å²) in [6.45, 7) is 4.93. The van der Waals surface area contributed by atoms with Gasteiger partial charge in [-0.1, -0.05) is 54.1 Å². The van der Waals surface area contributed by atoms with Crippen LogP contribution in [0.2, 0.25) is 5.02 Å². The molecule has 0 aliphatic heterocycles. The van der Waals surface area contributed by atoms with E-state index in [0.29, 0.717) is 18.9 Å². The Hall–Kier alpha value is -2.78. The Bertz CT molecular complexity index is 1040. The van der Waals surface area contributed by atoms with E-state index < -0.39 is 5.97 Å². The van der Waals surface area contributed by atoms with Crippen LogP contribution in [0.15, 0.2) is 66.7 Å². The first-order valence-electron chi connectivity index (χ1n) is 11.7. The molecule has 0 bridgehead atoms. The average molecular weight is 465 g/mol. The van der Waals surface area contributed by atoms with Gasteiger partial charge in [-0.3, -0.25) is 4.79 Å². The van der Waals surface area contributed by atoms with Gasteiger partial charge in [0, 0.05) is 11.4 Å². The molecule has 0 aromatic heterocycles. The number of unbranched alkanes of at least 4 members (excludes halogenated alkanes) is 1. The van der Waals surface area contributed by atoms with Crippen molar-refractivity contribution < 1.29 is 14.6 Å². The lowest BCUT2D eigenvalue weighted by atomic mass is 9.88. The van der Waals surface area contributed by atoms with E-state index >= 15 is 0 Å². The lowest BCUT2D eigenvalue weighted by molar-refractivity contribution is -0.137. The first-order chi connectivity index (χ1) is 15.9. The van der Waals surface area contributed by atoms with E-state index in [-0.39, 0.29) is 6.42 Å². The first-order valence-corrected chi connectivity index (χ1v) is 12.0. The second kappa shape index (κ2) is 12.5. The van der Waals surface area contributed by atoms with E-state index in [0.717, 1.165) is 36.5 Å². The summed E-state index contributed by atoms with van der Waals surface area (Å²) in [7, 11) is 0. The van der Waals surface area contributed by atoms with Crippen LogP contribution in [0.4, 0.5) is 0 Å². The van der Waals surface area contributed by atoms with Crippen LogP contribution in [0, 0.1) is 13.8 Å². The number of benzene rings is 3. The number of aryl methyl sites for hydroxylation is 3. The third-order valence-electron chi connectivity index (χ3n) is 6.14. The number of ether oxygens (including phenoxy) is 1. The minimum absolute atomic E-state index is 0.233. The molecule has 174 valence electrons. The third kappa shape index (κ3) is 8.25. The van der Waals surface area contributed by atoms with E-state index in [1.54, 1.807) is 0 Å². The van der Waals surface area contributed by atoms with Gasteiger partial charge in [0.2, 0.25) is 0 Å². The zero-order valence-electron chi connectivity index (χ0n) is 19.5. The van der Waals surface area contributed by atoms with Crippen molar-refractivity contribution >= 4 is 17.6 Å². The number of hydrogen-bond donors (Lipinski definition) is 1. The maximum absolute atomic E-state index is 10.6. The number of carboxylic acids is 1. The predicted octanol–water partition coefficient (Wildman–Crippen LogP) is 7.55. The molecule has 3 aromatic rings. The maximum atomic E-state index is 10.6. The lowest BCUT2D eigenvalue weighted by Gasteiger charge is -2.19. The molecule has 0 saturated heterocycles. The summed E-state index contributed by atoms with van der Waals surface area (Å²) in [6, 6.07) is 23.0. The second-order valence-corrected chi connectivity index (χ2v) is 9.19. The van der Waals surface area contributed by atoms with Gasteiger partial charge in [-0.05, 0) is 104 Å². The number of halogens is 1. The highest BCUT2D eigenvalue weighted by molar-refractivity contribution is 6.30. The molecule has 0 amide bonds. The molecule has 3 aromatic carbocycles. The smallest absolute Gasteiger partial charge is 0.303 e. The van der Waals surface area contributed by atoms with E-state index in [1.807, 2.05) is 24.3 Å². The van der Waals surface area contributed by atoms with Gasteiger partial charge in [-0.2, -0.15) is 0 Å². The van der Waals surface area contributed by atoms with Gasteiger partial charge < -0.3 is 9.84 Å². The number of carbonyl (C=O) groups is 1. The van der Waals surface area contributed by atoms with Crippen LogP contribution >= 0.6 is 11.6 Å². The Morgan fingerprint density at radius 2 is 1.70 bits per heavy atom. The summed E-state index contributed by atoms with van der Waals surface area (Å²) in [4.78, 5) is 10.6. The van der Waals surface area contributed by atoms with Crippen LogP contribution < -0.4 is 4.74 Å². The molecule has 0 spiro atoms. The van der Waals surface area contributed by atoms with Crippen molar-refractivity contribution in [3.63, 3.8) is 0 Å². The van der Waals surface area contributed by atoms with Crippen molar-refractivity contribution in [2.24, 2.45) is 0 Å². The molecule has 33 heavy (non-hydrogen) atoms. The molecule has 1 atom stereocenters. The fourth-order valence-corrected chi connectivity index (χ4v) is 4.24. The predicted molar refractivity (Wildman–Crippen MR) is 136 cm³/mol. The lowest BCUT2D eigenvalue weighted by Crippen LogP contribution is -2.09. The fraction of sp³-hybridized carbons (Fsp3) is 0.345. The van der Waals surface area contributed by atoms with E-state index in [4.69, 9.17) is 21.4 Å². The fourth-order valence-electron chi connectivity index (χ4n) is 4.04. The topological polar surface area (TPSA) is 46.5 Å². The summed E-state index contributed by atoms with van der Waals surface area (Å²) >= 11 is 6.28. The van der Waals surface area contributed by atoms with Gasteiger partial charge in [0.05, 0.1) is 6.61 Å². The Balaban J connectivity index is 1.57. The minimum atomic E-state index is -0.729. The van der Waals surface area contributed by atoms with Gasteiger partial charge in [-0.15, -0.1) is 0 Å². The van der Waals surface area contributed by atoms with Crippen molar-refractivity contribution in [3.8, 4) is 5.75 Å². The van der Waals surface area contributed by atoms with Crippen molar-refractivity contribution in [2.45, 2.75) is 58.3 Å². The van der Waals surface area contributed by atoms with Crippen LogP contribution in [-0.2, 0) is 17.6 Å². The molecule has 0 aliphatic carbocycles. The SMILES string of the molecule is Cc1ccc(CC(CCOc2ccc(CCCCC(=O)O)cc2)c2cccc(Cl)c2)cc1C. The van der Waals surface area contributed by atoms with Crippen LogP contribution in [0.25, 0.3) is 0 Å². The van der Waals surface area contributed by atoms with E-state index in [2.05, 4.69) is 56.3 Å². The quantitative estimate of drug-likeness (QED) is 0.281. The highest BCUT2D eigenvalue weighted by Crippen LogP contribution is 2.28. The first kappa shape index (κ1) is 24.9. The third-order valence-corrected chi connectivity index (χ3v) is 6.37. The van der Waals surface area contributed by atoms with Gasteiger partial charge in [0.15, 0.2) is 0 Å². The molecule has 0 fully saturated rings. The highest BCUT2D eigenvalue weighted by Gasteiger charge is 2.14. The zero-order valence-corrected chi connectivity index (χ0v) is 20.3. The zero-order chi connectivity index (χ0) is 23.6. The Morgan fingerprint density at radius 1 is 0.939 bits per heavy atom. The maximum Gasteiger partial charge on any atom is 0.303 e. The van der Waals surface area contributed by atoms with Gasteiger partial charge in [0.25, 0.3) is 0 Å². The second-order valence-electron chi connectivity index (χ2n) is 8.76. The molecule has 3 nitrogen and oxygen atoms in total. The van der Waals surface area contributed by atoms with Crippen molar-refractivity contribution in [2.75, 3.05) is 6.61 Å². The summed E-state index contributed by atoms with van der Waals surface area (Å²) in [6.07, 6.45) is 4.55. The summed E-state index contributed by atoms with van der Waals surface area (Å²) < 4.78 is 6.07. The van der Waals surface area contributed by atoms with Crippen LogP contribution in [0.3, 0.4) is 0 Å². The number of rotatable bonds is 12. The Kier molecular flexibility index (Phi) is 9.38.